The average Bonchev–Trinajstić information content (AvgIpc) is 2.90. The summed E-state index contributed by atoms with van der Waals surface area (Å²) in [5.41, 5.74) is 11.6. The minimum absolute atomic E-state index is 0.0528. The quantitative estimate of drug-likeness (QED) is 0.393. The molecule has 0 aliphatic heterocycles. The summed E-state index contributed by atoms with van der Waals surface area (Å²) in [6.07, 6.45) is 10.3. The van der Waals surface area contributed by atoms with Crippen LogP contribution in [0.15, 0.2) is 65.8 Å². The van der Waals surface area contributed by atoms with Gasteiger partial charge in [0.05, 0.1) is 0 Å². The molecule has 0 N–H and O–H groups in total. The normalized spacial score (nSPS) is 20.6. The zero-order chi connectivity index (χ0) is 19.2. The first-order chi connectivity index (χ1) is 13.0. The molecular weight excluding hydrogens is 439 g/mol. The van der Waals surface area contributed by atoms with E-state index in [2.05, 4.69) is 105 Å². The molecule has 0 fully saturated rings. The molecule has 0 nitrogen and oxygen atoms in total. The van der Waals surface area contributed by atoms with Crippen LogP contribution in [0.25, 0.3) is 16.7 Å². The van der Waals surface area contributed by atoms with Crippen LogP contribution in [0.5, 0.6) is 0 Å². The van der Waals surface area contributed by atoms with E-state index in [4.69, 9.17) is 0 Å². The Morgan fingerprint density at radius 2 is 1.78 bits per heavy atom. The summed E-state index contributed by atoms with van der Waals surface area (Å²) in [5.74, 6) is 0. The third-order valence-electron chi connectivity index (χ3n) is 6.22. The minimum atomic E-state index is 0.0528. The second-order valence-electron chi connectivity index (χ2n) is 8.08. The fraction of sp³-hybridized carbons (Fsp3) is 0.308. The van der Waals surface area contributed by atoms with Gasteiger partial charge in [-0.2, -0.15) is 0 Å². The standard InChI is InChI=1S/C26H27I/c1-5-17-9-7-8-10-21(17)20(6-2)18-11-13-22-23-14-12-19(27)16-25(23)26(3,4)24(22)15-18/h5,8,10-16H,6-7,9H2,1-4H3/b17-5-,21-20+. The molecule has 0 unspecified atom stereocenters. The fourth-order valence-electron chi connectivity index (χ4n) is 4.72. The van der Waals surface area contributed by atoms with E-state index in [0.29, 0.717) is 0 Å². The van der Waals surface area contributed by atoms with Crippen molar-refractivity contribution in [2.45, 2.75) is 52.4 Å². The highest BCUT2D eigenvalue weighted by Gasteiger charge is 2.35. The lowest BCUT2D eigenvalue weighted by Crippen LogP contribution is -2.15. The van der Waals surface area contributed by atoms with Gasteiger partial charge in [0.15, 0.2) is 0 Å². The SMILES string of the molecule is C/C=C1/CCC=C/C1=C(/CC)c1ccc2c(c1)C(C)(C)c1cc(I)ccc1-2. The first-order valence-corrected chi connectivity index (χ1v) is 11.1. The summed E-state index contributed by atoms with van der Waals surface area (Å²) in [6.45, 7) is 9.20. The number of rotatable bonds is 2. The van der Waals surface area contributed by atoms with Gasteiger partial charge in [0.1, 0.15) is 0 Å². The summed E-state index contributed by atoms with van der Waals surface area (Å²) in [4.78, 5) is 0. The van der Waals surface area contributed by atoms with Crippen LogP contribution in [-0.2, 0) is 5.41 Å². The van der Waals surface area contributed by atoms with Gasteiger partial charge in [0.25, 0.3) is 0 Å². The smallest absolute Gasteiger partial charge is 0.0159 e. The Morgan fingerprint density at radius 3 is 2.48 bits per heavy atom. The van der Waals surface area contributed by atoms with Crippen LogP contribution in [0, 0.1) is 3.57 Å². The first kappa shape index (κ1) is 18.7. The monoisotopic (exact) mass is 466 g/mol. The summed E-state index contributed by atoms with van der Waals surface area (Å²) >= 11 is 2.43. The lowest BCUT2D eigenvalue weighted by Gasteiger charge is -2.23. The summed E-state index contributed by atoms with van der Waals surface area (Å²) in [6, 6.07) is 14.0. The Bertz CT molecular complexity index is 999. The van der Waals surface area contributed by atoms with Crippen molar-refractivity contribution >= 4 is 28.2 Å². The Balaban J connectivity index is 1.90. The maximum atomic E-state index is 2.46. The minimum Gasteiger partial charge on any atom is -0.0838 e. The van der Waals surface area contributed by atoms with Gasteiger partial charge in [-0.25, -0.2) is 0 Å². The van der Waals surface area contributed by atoms with Gasteiger partial charge in [-0.1, -0.05) is 57.2 Å². The summed E-state index contributed by atoms with van der Waals surface area (Å²) in [7, 11) is 0. The summed E-state index contributed by atoms with van der Waals surface area (Å²) < 4.78 is 1.31. The number of fused-ring (bicyclic) bond motifs is 3. The molecule has 0 amide bonds. The van der Waals surface area contributed by atoms with Crippen LogP contribution in [0.3, 0.4) is 0 Å². The van der Waals surface area contributed by atoms with Crippen LogP contribution >= 0.6 is 22.6 Å². The number of hydrogen-bond acceptors (Lipinski definition) is 0. The molecule has 4 rings (SSSR count). The highest BCUT2D eigenvalue weighted by atomic mass is 127. The van der Waals surface area contributed by atoms with Crippen molar-refractivity contribution in [3.05, 3.63) is 86.0 Å². The number of allylic oxidation sites excluding steroid dienone is 6. The predicted octanol–water partition coefficient (Wildman–Crippen LogP) is 8.06. The molecule has 0 saturated heterocycles. The molecule has 1 heteroatoms. The van der Waals surface area contributed by atoms with Gasteiger partial charge in [-0.3, -0.25) is 0 Å². The molecule has 0 aromatic heterocycles. The van der Waals surface area contributed by atoms with Crippen molar-refractivity contribution in [2.75, 3.05) is 0 Å². The van der Waals surface area contributed by atoms with E-state index in [9.17, 15) is 0 Å². The molecule has 2 aromatic rings. The van der Waals surface area contributed by atoms with E-state index in [1.54, 1.807) is 0 Å². The molecule has 0 saturated carbocycles. The van der Waals surface area contributed by atoms with E-state index in [1.165, 1.54) is 48.1 Å². The van der Waals surface area contributed by atoms with Crippen LogP contribution < -0.4 is 0 Å². The molecule has 0 heterocycles. The third-order valence-corrected chi connectivity index (χ3v) is 6.90. The maximum Gasteiger partial charge on any atom is 0.0159 e. The highest BCUT2D eigenvalue weighted by molar-refractivity contribution is 14.1. The summed E-state index contributed by atoms with van der Waals surface area (Å²) in [5, 5.41) is 0. The number of halogens is 1. The second-order valence-corrected chi connectivity index (χ2v) is 9.32. The van der Waals surface area contributed by atoms with Gasteiger partial charge >= 0.3 is 0 Å². The van der Waals surface area contributed by atoms with E-state index in [0.717, 1.165) is 19.3 Å². The maximum absolute atomic E-state index is 2.46. The number of benzene rings is 2. The molecule has 0 spiro atoms. The Kier molecular flexibility index (Phi) is 4.92. The topological polar surface area (TPSA) is 0 Å². The van der Waals surface area contributed by atoms with E-state index in [1.807, 2.05) is 0 Å². The fourth-order valence-corrected chi connectivity index (χ4v) is 5.21. The van der Waals surface area contributed by atoms with Crippen molar-refractivity contribution in [3.63, 3.8) is 0 Å². The third kappa shape index (κ3) is 3.04. The van der Waals surface area contributed by atoms with Gasteiger partial charge in [-0.05, 0) is 112 Å². The van der Waals surface area contributed by atoms with E-state index < -0.39 is 0 Å². The number of hydrogen-bond donors (Lipinski definition) is 0. The van der Waals surface area contributed by atoms with Crippen molar-refractivity contribution in [2.24, 2.45) is 0 Å². The first-order valence-electron chi connectivity index (χ1n) is 9.98. The Morgan fingerprint density at radius 1 is 1.07 bits per heavy atom. The molecule has 2 aromatic carbocycles. The van der Waals surface area contributed by atoms with Crippen LogP contribution in [0.1, 0.15) is 63.6 Å². The molecule has 138 valence electrons. The van der Waals surface area contributed by atoms with Crippen molar-refractivity contribution in [3.8, 4) is 11.1 Å². The molecule has 2 aliphatic carbocycles. The molecule has 27 heavy (non-hydrogen) atoms. The molecule has 0 radical (unpaired) electrons. The average molecular weight is 466 g/mol. The van der Waals surface area contributed by atoms with E-state index in [-0.39, 0.29) is 5.41 Å². The van der Waals surface area contributed by atoms with Gasteiger partial charge in [-0.15, -0.1) is 0 Å². The molecule has 2 aliphatic rings. The zero-order valence-electron chi connectivity index (χ0n) is 16.7. The molecule has 0 atom stereocenters. The molecular formula is C26H27I. The second kappa shape index (κ2) is 7.09. The Labute approximate surface area is 177 Å². The van der Waals surface area contributed by atoms with Crippen LogP contribution in [0.2, 0.25) is 0 Å². The van der Waals surface area contributed by atoms with Gasteiger partial charge in [0, 0.05) is 8.99 Å². The van der Waals surface area contributed by atoms with Crippen molar-refractivity contribution in [1.82, 2.24) is 0 Å². The Hall–Kier alpha value is -1.61. The van der Waals surface area contributed by atoms with Crippen LogP contribution in [-0.4, -0.2) is 0 Å². The molecule has 0 bridgehead atoms. The lowest BCUT2D eigenvalue weighted by atomic mass is 9.80. The highest BCUT2D eigenvalue weighted by Crippen LogP contribution is 2.50. The zero-order valence-corrected chi connectivity index (χ0v) is 18.9. The van der Waals surface area contributed by atoms with Crippen LogP contribution in [0.4, 0.5) is 0 Å². The van der Waals surface area contributed by atoms with Gasteiger partial charge < -0.3 is 0 Å². The lowest BCUT2D eigenvalue weighted by molar-refractivity contribution is 0.659. The predicted molar refractivity (Wildman–Crippen MR) is 126 cm³/mol. The van der Waals surface area contributed by atoms with Gasteiger partial charge in [0.2, 0.25) is 0 Å². The van der Waals surface area contributed by atoms with Crippen molar-refractivity contribution in [1.29, 1.82) is 0 Å². The van der Waals surface area contributed by atoms with Crippen molar-refractivity contribution < 1.29 is 0 Å². The largest absolute Gasteiger partial charge is 0.0838 e. The van der Waals surface area contributed by atoms with E-state index >= 15 is 0 Å².